The quantitative estimate of drug-likeness (QED) is 0.610. The van der Waals surface area contributed by atoms with Crippen molar-refractivity contribution in [2.24, 2.45) is 0 Å². The van der Waals surface area contributed by atoms with Gasteiger partial charge in [-0.15, -0.1) is 0 Å². The molecule has 1 aliphatic carbocycles. The third-order valence-corrected chi connectivity index (χ3v) is 2.73. The molecule has 3 nitrogen and oxygen atoms in total. The number of aliphatic hydroxyl groups excluding tert-OH is 1. The molecule has 2 N–H and O–H groups in total. The first-order valence-electron chi connectivity index (χ1n) is 5.85. The van der Waals surface area contributed by atoms with Crippen molar-refractivity contribution < 1.29 is 9.84 Å². The Morgan fingerprint density at radius 1 is 1.14 bits per heavy atom. The van der Waals surface area contributed by atoms with Crippen molar-refractivity contribution in [3.05, 3.63) is 0 Å². The molecule has 0 aromatic carbocycles. The minimum atomic E-state index is 0.232. The molecule has 0 aliphatic heterocycles. The van der Waals surface area contributed by atoms with Crippen LogP contribution in [0.15, 0.2) is 0 Å². The topological polar surface area (TPSA) is 41.5 Å². The lowest BCUT2D eigenvalue weighted by Crippen LogP contribution is -2.33. The number of nitrogens with one attached hydrogen (secondary N) is 1. The van der Waals surface area contributed by atoms with Crippen LogP contribution in [0.5, 0.6) is 0 Å². The Hall–Kier alpha value is -0.120. The molecule has 1 aliphatic rings. The normalized spacial score (nSPS) is 18.6. The van der Waals surface area contributed by atoms with Crippen LogP contribution in [-0.4, -0.2) is 37.5 Å². The maximum atomic E-state index is 8.53. The molecule has 0 aromatic heterocycles. The highest BCUT2D eigenvalue weighted by atomic mass is 16.5. The molecule has 0 heterocycles. The van der Waals surface area contributed by atoms with Crippen LogP contribution in [0.25, 0.3) is 0 Å². The fourth-order valence-corrected chi connectivity index (χ4v) is 1.91. The van der Waals surface area contributed by atoms with Gasteiger partial charge in [-0.2, -0.15) is 0 Å². The van der Waals surface area contributed by atoms with Crippen LogP contribution in [0.2, 0.25) is 0 Å². The summed E-state index contributed by atoms with van der Waals surface area (Å²) < 4.78 is 5.34. The van der Waals surface area contributed by atoms with Crippen LogP contribution >= 0.6 is 0 Å². The summed E-state index contributed by atoms with van der Waals surface area (Å²) in [5.74, 6) is 0. The van der Waals surface area contributed by atoms with Crippen LogP contribution in [-0.2, 0) is 4.74 Å². The van der Waals surface area contributed by atoms with Crippen molar-refractivity contribution in [2.75, 3.05) is 26.4 Å². The molecule has 0 spiro atoms. The first kappa shape index (κ1) is 12.0. The molecule has 0 amide bonds. The van der Waals surface area contributed by atoms with E-state index in [9.17, 15) is 0 Å². The number of aliphatic hydroxyl groups is 1. The third-order valence-electron chi connectivity index (χ3n) is 2.73. The van der Waals surface area contributed by atoms with E-state index < -0.39 is 0 Å². The highest BCUT2D eigenvalue weighted by molar-refractivity contribution is 4.71. The molecule has 0 unspecified atom stereocenters. The summed E-state index contributed by atoms with van der Waals surface area (Å²) in [5.41, 5.74) is 0. The third kappa shape index (κ3) is 5.58. The fourth-order valence-electron chi connectivity index (χ4n) is 1.91. The SMILES string of the molecule is OCCCOCCNC1CCCCC1. The maximum absolute atomic E-state index is 8.53. The molecule has 0 radical (unpaired) electrons. The zero-order valence-corrected chi connectivity index (χ0v) is 9.00. The molecule has 0 saturated heterocycles. The largest absolute Gasteiger partial charge is 0.396 e. The van der Waals surface area contributed by atoms with Gasteiger partial charge in [0.25, 0.3) is 0 Å². The van der Waals surface area contributed by atoms with Crippen molar-refractivity contribution in [3.8, 4) is 0 Å². The van der Waals surface area contributed by atoms with E-state index in [4.69, 9.17) is 9.84 Å². The van der Waals surface area contributed by atoms with Crippen molar-refractivity contribution in [2.45, 2.75) is 44.6 Å². The lowest BCUT2D eigenvalue weighted by atomic mass is 9.96. The monoisotopic (exact) mass is 201 g/mol. The van der Waals surface area contributed by atoms with E-state index >= 15 is 0 Å². The first-order chi connectivity index (χ1) is 6.93. The average Bonchev–Trinajstić information content (AvgIpc) is 2.25. The highest BCUT2D eigenvalue weighted by Crippen LogP contribution is 2.16. The van der Waals surface area contributed by atoms with E-state index in [1.807, 2.05) is 0 Å². The van der Waals surface area contributed by atoms with Gasteiger partial charge in [0.2, 0.25) is 0 Å². The molecule has 1 fully saturated rings. The van der Waals surface area contributed by atoms with E-state index in [1.54, 1.807) is 0 Å². The lowest BCUT2D eigenvalue weighted by Gasteiger charge is -2.22. The van der Waals surface area contributed by atoms with Crippen LogP contribution in [0.4, 0.5) is 0 Å². The lowest BCUT2D eigenvalue weighted by molar-refractivity contribution is 0.115. The second kappa shape index (κ2) is 8.21. The van der Waals surface area contributed by atoms with Gasteiger partial charge in [-0.1, -0.05) is 19.3 Å². The Bertz CT molecular complexity index is 124. The molecular weight excluding hydrogens is 178 g/mol. The Kier molecular flexibility index (Phi) is 7.01. The fraction of sp³-hybridized carbons (Fsp3) is 1.00. The van der Waals surface area contributed by atoms with E-state index in [1.165, 1.54) is 32.1 Å². The molecule has 1 saturated carbocycles. The van der Waals surface area contributed by atoms with Gasteiger partial charge in [0.1, 0.15) is 0 Å². The van der Waals surface area contributed by atoms with E-state index in [0.29, 0.717) is 6.61 Å². The van der Waals surface area contributed by atoms with Crippen molar-refractivity contribution in [1.29, 1.82) is 0 Å². The summed E-state index contributed by atoms with van der Waals surface area (Å²) in [6, 6.07) is 0.727. The van der Waals surface area contributed by atoms with Gasteiger partial charge in [0, 0.05) is 25.8 Å². The Morgan fingerprint density at radius 3 is 2.64 bits per heavy atom. The molecule has 14 heavy (non-hydrogen) atoms. The molecule has 3 heteroatoms. The standard InChI is InChI=1S/C11H23NO2/c13-8-4-9-14-10-7-12-11-5-2-1-3-6-11/h11-13H,1-10H2. The Labute approximate surface area is 86.8 Å². The second-order valence-corrected chi connectivity index (χ2v) is 3.98. The highest BCUT2D eigenvalue weighted by Gasteiger charge is 2.11. The van der Waals surface area contributed by atoms with Crippen molar-refractivity contribution in [1.82, 2.24) is 5.32 Å². The predicted octanol–water partition coefficient (Wildman–Crippen LogP) is 1.31. The number of ether oxygens (including phenoxy) is 1. The van der Waals surface area contributed by atoms with Gasteiger partial charge < -0.3 is 15.2 Å². The van der Waals surface area contributed by atoms with E-state index in [0.717, 1.165) is 25.6 Å². The number of hydrogen-bond acceptors (Lipinski definition) is 3. The van der Waals surface area contributed by atoms with Gasteiger partial charge in [0.15, 0.2) is 0 Å². The van der Waals surface area contributed by atoms with Crippen LogP contribution in [0.1, 0.15) is 38.5 Å². The molecule has 0 atom stereocenters. The zero-order chi connectivity index (χ0) is 10.1. The summed E-state index contributed by atoms with van der Waals surface area (Å²) in [6.45, 7) is 2.64. The Morgan fingerprint density at radius 2 is 1.93 bits per heavy atom. The molecule has 0 aromatic rings. The minimum absolute atomic E-state index is 0.232. The second-order valence-electron chi connectivity index (χ2n) is 3.98. The summed E-state index contributed by atoms with van der Waals surface area (Å²) in [5, 5.41) is 12.0. The number of rotatable bonds is 7. The molecule has 0 bridgehead atoms. The Balaban J connectivity index is 1.82. The molecule has 1 rings (SSSR count). The van der Waals surface area contributed by atoms with Crippen LogP contribution in [0.3, 0.4) is 0 Å². The maximum Gasteiger partial charge on any atom is 0.0591 e. The van der Waals surface area contributed by atoms with Gasteiger partial charge in [-0.05, 0) is 19.3 Å². The zero-order valence-electron chi connectivity index (χ0n) is 9.00. The van der Waals surface area contributed by atoms with Gasteiger partial charge in [0.05, 0.1) is 6.61 Å². The summed E-state index contributed by atoms with van der Waals surface area (Å²) in [4.78, 5) is 0. The molecular formula is C11H23NO2. The minimum Gasteiger partial charge on any atom is -0.396 e. The van der Waals surface area contributed by atoms with E-state index in [2.05, 4.69) is 5.32 Å². The van der Waals surface area contributed by atoms with Crippen molar-refractivity contribution in [3.63, 3.8) is 0 Å². The average molecular weight is 201 g/mol. The van der Waals surface area contributed by atoms with Crippen LogP contribution < -0.4 is 5.32 Å². The van der Waals surface area contributed by atoms with Crippen LogP contribution in [0, 0.1) is 0 Å². The van der Waals surface area contributed by atoms with Gasteiger partial charge >= 0.3 is 0 Å². The summed E-state index contributed by atoms with van der Waals surface area (Å²) in [6.07, 6.45) is 7.58. The van der Waals surface area contributed by atoms with Crippen molar-refractivity contribution >= 4 is 0 Å². The van der Waals surface area contributed by atoms with Gasteiger partial charge in [-0.3, -0.25) is 0 Å². The van der Waals surface area contributed by atoms with Gasteiger partial charge in [-0.25, -0.2) is 0 Å². The van der Waals surface area contributed by atoms with E-state index in [-0.39, 0.29) is 6.61 Å². The summed E-state index contributed by atoms with van der Waals surface area (Å²) in [7, 11) is 0. The smallest absolute Gasteiger partial charge is 0.0591 e. The summed E-state index contributed by atoms with van der Waals surface area (Å²) >= 11 is 0. The number of hydrogen-bond donors (Lipinski definition) is 2. The first-order valence-corrected chi connectivity index (χ1v) is 5.85. The predicted molar refractivity (Wildman–Crippen MR) is 57.4 cm³/mol. The molecule has 84 valence electrons.